The Kier molecular flexibility index (Phi) is 12.5. The molecule has 230 valence electrons. The molecule has 1 aliphatic rings. The lowest BCUT2D eigenvalue weighted by atomic mass is 9.93. The molecule has 6 nitrogen and oxygen atoms in total. The Bertz CT molecular complexity index is 1570. The third-order valence-electron chi connectivity index (χ3n) is 7.53. The van der Waals surface area contributed by atoms with E-state index in [9.17, 15) is 20.2 Å². The summed E-state index contributed by atoms with van der Waals surface area (Å²) in [5.41, 5.74) is 6.72. The van der Waals surface area contributed by atoms with Crippen molar-refractivity contribution in [3.63, 3.8) is 0 Å². The van der Waals surface area contributed by atoms with Crippen molar-refractivity contribution in [2.75, 3.05) is 0 Å². The van der Waals surface area contributed by atoms with Crippen molar-refractivity contribution in [2.45, 2.75) is 65.4 Å². The molecule has 3 N–H and O–H groups in total. The topological polar surface area (TPSA) is 99.4 Å². The molecule has 0 fully saturated rings. The minimum Gasteiger partial charge on any atom is -0.512 e. The van der Waals surface area contributed by atoms with Crippen molar-refractivity contribution in [2.24, 2.45) is 5.18 Å². The number of nitrogens with zero attached hydrogens (tertiary/aromatic N) is 1. The van der Waals surface area contributed by atoms with Gasteiger partial charge < -0.3 is 20.1 Å². The van der Waals surface area contributed by atoms with Gasteiger partial charge in [-0.3, -0.25) is 0 Å². The van der Waals surface area contributed by atoms with Crippen LogP contribution in [0, 0.1) is 11.8 Å². The second-order valence-electron chi connectivity index (χ2n) is 10.9. The summed E-state index contributed by atoms with van der Waals surface area (Å²) in [6.07, 6.45) is 14.9. The Morgan fingerprint density at radius 1 is 1.11 bits per heavy atom. The van der Waals surface area contributed by atoms with Crippen LogP contribution in [0.25, 0.3) is 0 Å². The summed E-state index contributed by atoms with van der Waals surface area (Å²) in [6, 6.07) is 9.02. The summed E-state index contributed by atoms with van der Waals surface area (Å²) >= 11 is 0. The fraction of sp³-hybridized carbons (Fsp3) is 0.263. The zero-order valence-electron chi connectivity index (χ0n) is 26.0. The summed E-state index contributed by atoms with van der Waals surface area (Å²) < 4.78 is 6.45. The van der Waals surface area contributed by atoms with Crippen LogP contribution in [0.4, 0.5) is 5.69 Å². The molecule has 0 aliphatic heterocycles. The molecule has 1 atom stereocenters. The zero-order chi connectivity index (χ0) is 32.2. The van der Waals surface area contributed by atoms with Gasteiger partial charge in [0.2, 0.25) is 0 Å². The van der Waals surface area contributed by atoms with E-state index in [1.807, 2.05) is 63.3 Å². The lowest BCUT2D eigenvalue weighted by molar-refractivity contribution is 0.253. The summed E-state index contributed by atoms with van der Waals surface area (Å²) in [4.78, 5) is 11.1. The lowest BCUT2D eigenvalue weighted by Crippen LogP contribution is -2.13. The number of aryl methyl sites for hydroxylation is 1. The van der Waals surface area contributed by atoms with Crippen LogP contribution in [0.2, 0.25) is 0 Å². The van der Waals surface area contributed by atoms with Crippen molar-refractivity contribution in [3.8, 4) is 11.5 Å². The molecule has 44 heavy (non-hydrogen) atoms. The minimum atomic E-state index is -0.843. The standard InChI is InChI=1S/C38H43NO5/c1-7-11-28-13-15-33(23-31(37(41)21-28)20-29-14-16-35(39-43)25(5)17-29)44-34-22-30(12-8-2)38(42)32(24-34)19-27(9-3)18-26(6)36(40)10-4/h7-9,14-18,21-24,37,40-42H,1-3,10-13,19-20H2,4-6H3/b27-18+,28-21?,31-23-,33-15+,36-26+. The third-order valence-corrected chi connectivity index (χ3v) is 7.53. The first-order valence-corrected chi connectivity index (χ1v) is 14.8. The maximum atomic E-state index is 11.2. The van der Waals surface area contributed by atoms with Crippen LogP contribution in [0.1, 0.15) is 55.4 Å². The van der Waals surface area contributed by atoms with Crippen molar-refractivity contribution >= 4 is 5.69 Å². The number of phenols is 1. The maximum Gasteiger partial charge on any atom is 0.128 e. The second-order valence-corrected chi connectivity index (χ2v) is 10.9. The van der Waals surface area contributed by atoms with Gasteiger partial charge in [0.15, 0.2) is 0 Å². The highest BCUT2D eigenvalue weighted by Gasteiger charge is 2.17. The number of aliphatic hydroxyl groups excluding tert-OH is 2. The molecule has 0 radical (unpaired) electrons. The zero-order valence-corrected chi connectivity index (χ0v) is 26.0. The van der Waals surface area contributed by atoms with E-state index < -0.39 is 6.10 Å². The number of rotatable bonds is 14. The fourth-order valence-corrected chi connectivity index (χ4v) is 5.10. The SMILES string of the molecule is C=CCC1=CC(O)/C(Cc2ccc(N=O)c(C)c2)=C\C(Oc2cc(CC=C)c(O)c(C/C(C=C)=C/C(C)=C(/O)CC)c2)=C/C1. The third kappa shape index (κ3) is 9.16. The summed E-state index contributed by atoms with van der Waals surface area (Å²) in [6.45, 7) is 17.2. The number of ether oxygens (including phenoxy) is 1. The highest BCUT2D eigenvalue weighted by atomic mass is 16.5. The van der Waals surface area contributed by atoms with E-state index in [4.69, 9.17) is 4.74 Å². The first kappa shape index (κ1) is 33.8. The van der Waals surface area contributed by atoms with E-state index in [1.54, 1.807) is 30.4 Å². The molecule has 1 unspecified atom stereocenters. The predicted molar refractivity (Wildman–Crippen MR) is 180 cm³/mol. The Morgan fingerprint density at radius 3 is 2.48 bits per heavy atom. The van der Waals surface area contributed by atoms with Gasteiger partial charge in [-0.05, 0) is 103 Å². The van der Waals surface area contributed by atoms with Crippen LogP contribution < -0.4 is 4.74 Å². The molecule has 3 rings (SSSR count). The smallest absolute Gasteiger partial charge is 0.128 e. The quantitative estimate of drug-likeness (QED) is 0.0877. The van der Waals surface area contributed by atoms with Crippen LogP contribution in [-0.4, -0.2) is 21.4 Å². The molecule has 0 aromatic heterocycles. The number of nitroso groups, excluding NO2 is 1. The Labute approximate surface area is 261 Å². The number of aliphatic hydroxyl groups is 2. The van der Waals surface area contributed by atoms with Gasteiger partial charge in [-0.15, -0.1) is 18.1 Å². The van der Waals surface area contributed by atoms with Gasteiger partial charge in [0.25, 0.3) is 0 Å². The highest BCUT2D eigenvalue weighted by Crippen LogP contribution is 2.33. The molecule has 2 aromatic rings. The lowest BCUT2D eigenvalue weighted by Gasteiger charge is -2.19. The van der Waals surface area contributed by atoms with E-state index in [1.165, 1.54) is 0 Å². The van der Waals surface area contributed by atoms with Gasteiger partial charge in [-0.1, -0.05) is 61.6 Å². The molecule has 0 saturated carbocycles. The van der Waals surface area contributed by atoms with E-state index in [2.05, 4.69) is 24.9 Å². The first-order chi connectivity index (χ1) is 21.1. The van der Waals surface area contributed by atoms with E-state index in [0.717, 1.165) is 33.4 Å². The van der Waals surface area contributed by atoms with Crippen LogP contribution >= 0.6 is 0 Å². The van der Waals surface area contributed by atoms with Crippen LogP contribution in [0.5, 0.6) is 11.5 Å². The number of benzene rings is 2. The minimum absolute atomic E-state index is 0.157. The Hall–Kier alpha value is -4.68. The fourth-order valence-electron chi connectivity index (χ4n) is 5.10. The van der Waals surface area contributed by atoms with Gasteiger partial charge in [-0.2, -0.15) is 0 Å². The van der Waals surface area contributed by atoms with Gasteiger partial charge in [0, 0.05) is 24.0 Å². The van der Waals surface area contributed by atoms with E-state index >= 15 is 0 Å². The molecule has 0 bridgehead atoms. The number of hydrogen-bond acceptors (Lipinski definition) is 6. The molecule has 0 saturated heterocycles. The average Bonchev–Trinajstić information content (AvgIpc) is 3.00. The van der Waals surface area contributed by atoms with Crippen LogP contribution in [-0.2, 0) is 19.3 Å². The van der Waals surface area contributed by atoms with Crippen LogP contribution in [0.15, 0.2) is 132 Å². The molecule has 0 amide bonds. The number of aromatic hydroxyl groups is 1. The number of phenolic OH excluding ortho intramolecular Hbond substituents is 1. The molecule has 0 spiro atoms. The van der Waals surface area contributed by atoms with Gasteiger partial charge in [0.1, 0.15) is 22.9 Å². The predicted octanol–water partition coefficient (Wildman–Crippen LogP) is 9.42. The monoisotopic (exact) mass is 593 g/mol. The second kappa shape index (κ2) is 16.2. The molecule has 1 aliphatic carbocycles. The van der Waals surface area contributed by atoms with Gasteiger partial charge in [0.05, 0.1) is 11.9 Å². The number of allylic oxidation sites excluding steroid dienone is 10. The van der Waals surface area contributed by atoms with E-state index in [-0.39, 0.29) is 5.75 Å². The van der Waals surface area contributed by atoms with Gasteiger partial charge >= 0.3 is 0 Å². The van der Waals surface area contributed by atoms with Crippen molar-refractivity contribution in [1.82, 2.24) is 0 Å². The molecule has 2 aromatic carbocycles. The summed E-state index contributed by atoms with van der Waals surface area (Å²) in [5.74, 6) is 1.55. The largest absolute Gasteiger partial charge is 0.512 e. The van der Waals surface area contributed by atoms with Crippen molar-refractivity contribution in [3.05, 3.63) is 154 Å². The first-order valence-electron chi connectivity index (χ1n) is 14.8. The van der Waals surface area contributed by atoms with Crippen LogP contribution in [0.3, 0.4) is 0 Å². The molecular weight excluding hydrogens is 550 g/mol. The highest BCUT2D eigenvalue weighted by molar-refractivity contribution is 5.51. The number of hydrogen-bond donors (Lipinski definition) is 3. The van der Waals surface area contributed by atoms with Crippen molar-refractivity contribution < 1.29 is 20.1 Å². The van der Waals surface area contributed by atoms with Gasteiger partial charge in [-0.25, -0.2) is 0 Å². The summed E-state index contributed by atoms with van der Waals surface area (Å²) in [5, 5.41) is 35.6. The normalized spacial score (nSPS) is 18.3. The average molecular weight is 594 g/mol. The molecule has 6 heteroatoms. The Balaban J connectivity index is 2.05. The Morgan fingerprint density at radius 2 is 1.84 bits per heavy atom. The van der Waals surface area contributed by atoms with E-state index in [0.29, 0.717) is 72.6 Å². The molecule has 0 heterocycles. The maximum absolute atomic E-state index is 11.2. The molecular formula is C38H43NO5. The van der Waals surface area contributed by atoms with Crippen molar-refractivity contribution in [1.29, 1.82) is 0 Å². The summed E-state index contributed by atoms with van der Waals surface area (Å²) in [7, 11) is 0.